The second kappa shape index (κ2) is 7.60. The molecule has 0 radical (unpaired) electrons. The lowest BCUT2D eigenvalue weighted by molar-refractivity contribution is -0.484. The van der Waals surface area contributed by atoms with E-state index in [0.29, 0.717) is 12.3 Å². The number of carbonyl (C=O) groups excluding carboxylic acids is 1. The molecule has 0 heterocycles. The highest BCUT2D eigenvalue weighted by Crippen LogP contribution is 2.37. The van der Waals surface area contributed by atoms with E-state index in [9.17, 15) is 14.9 Å². The Balaban J connectivity index is 1.88. The van der Waals surface area contributed by atoms with Gasteiger partial charge in [0.15, 0.2) is 0 Å². The minimum absolute atomic E-state index is 0.178. The van der Waals surface area contributed by atoms with E-state index in [1.807, 2.05) is 54.6 Å². The first-order valence-corrected chi connectivity index (χ1v) is 8.84. The smallest absolute Gasteiger partial charge is 0.211 e. The average Bonchev–Trinajstić information content (AvgIpc) is 2.63. The molecule has 2 aromatic carbocycles. The summed E-state index contributed by atoms with van der Waals surface area (Å²) in [7, 11) is 0. The molecule has 0 N–H and O–H groups in total. The normalized spacial score (nSPS) is 21.7. The van der Waals surface area contributed by atoms with Crippen molar-refractivity contribution in [1.29, 1.82) is 0 Å². The molecule has 1 saturated carbocycles. The second-order valence-electron chi connectivity index (χ2n) is 7.06. The number of carbonyl (C=O) groups is 1. The molecule has 4 heteroatoms. The monoisotopic (exact) mass is 337 g/mol. The van der Waals surface area contributed by atoms with Gasteiger partial charge < -0.3 is 0 Å². The fourth-order valence-corrected chi connectivity index (χ4v) is 3.82. The maximum Gasteiger partial charge on any atom is 0.211 e. The van der Waals surface area contributed by atoms with Crippen LogP contribution in [0, 0.1) is 22.0 Å². The predicted molar refractivity (Wildman–Crippen MR) is 98.0 cm³/mol. The number of hydrogen-bond acceptors (Lipinski definition) is 3. The fourth-order valence-electron chi connectivity index (χ4n) is 3.82. The molecule has 130 valence electrons. The van der Waals surface area contributed by atoms with Crippen molar-refractivity contribution in [1.82, 2.24) is 0 Å². The van der Waals surface area contributed by atoms with Gasteiger partial charge in [0.1, 0.15) is 5.78 Å². The first kappa shape index (κ1) is 17.3. The van der Waals surface area contributed by atoms with E-state index in [4.69, 9.17) is 0 Å². The van der Waals surface area contributed by atoms with Crippen molar-refractivity contribution in [3.05, 3.63) is 70.3 Å². The largest absolute Gasteiger partial charge is 0.299 e. The van der Waals surface area contributed by atoms with Crippen LogP contribution in [0.5, 0.6) is 0 Å². The Kier molecular flexibility index (Phi) is 5.27. The number of hydrogen-bond donors (Lipinski definition) is 0. The summed E-state index contributed by atoms with van der Waals surface area (Å²) in [4.78, 5) is 23.3. The van der Waals surface area contributed by atoms with E-state index in [1.54, 1.807) is 0 Å². The van der Waals surface area contributed by atoms with Crippen LogP contribution in [-0.4, -0.2) is 17.3 Å². The third-order valence-corrected chi connectivity index (χ3v) is 5.23. The zero-order valence-corrected chi connectivity index (χ0v) is 14.4. The van der Waals surface area contributed by atoms with Crippen molar-refractivity contribution >= 4 is 5.78 Å². The summed E-state index contributed by atoms with van der Waals surface area (Å²) >= 11 is 0. The lowest BCUT2D eigenvalue weighted by Crippen LogP contribution is -2.32. The number of ketones is 1. The van der Waals surface area contributed by atoms with Gasteiger partial charge in [0, 0.05) is 17.3 Å². The van der Waals surface area contributed by atoms with Gasteiger partial charge in [-0.05, 0) is 35.4 Å². The van der Waals surface area contributed by atoms with Crippen LogP contribution >= 0.6 is 0 Å². The highest BCUT2D eigenvalue weighted by atomic mass is 16.6. The maximum atomic E-state index is 12.4. The van der Waals surface area contributed by atoms with Crippen LogP contribution in [0.1, 0.15) is 37.7 Å². The van der Waals surface area contributed by atoms with Crippen LogP contribution in [0.2, 0.25) is 0 Å². The maximum absolute atomic E-state index is 12.4. The molecule has 1 aliphatic carbocycles. The van der Waals surface area contributed by atoms with E-state index in [-0.39, 0.29) is 29.1 Å². The quantitative estimate of drug-likeness (QED) is 0.586. The molecule has 1 aliphatic rings. The van der Waals surface area contributed by atoms with Crippen molar-refractivity contribution < 1.29 is 9.72 Å². The van der Waals surface area contributed by atoms with Crippen LogP contribution in [0.3, 0.4) is 0 Å². The van der Waals surface area contributed by atoms with E-state index in [0.717, 1.165) is 29.5 Å². The highest BCUT2D eigenvalue weighted by Gasteiger charge is 2.36. The summed E-state index contributed by atoms with van der Waals surface area (Å²) in [6, 6.07) is 17.9. The molecule has 2 aromatic rings. The van der Waals surface area contributed by atoms with Crippen LogP contribution in [0.4, 0.5) is 0 Å². The summed E-state index contributed by atoms with van der Waals surface area (Å²) in [5.41, 5.74) is 3.08. The summed E-state index contributed by atoms with van der Waals surface area (Å²) in [5, 5.41) is 11.2. The van der Waals surface area contributed by atoms with Gasteiger partial charge in [-0.25, -0.2) is 0 Å². The Labute approximate surface area is 148 Å². The third-order valence-electron chi connectivity index (χ3n) is 5.23. The topological polar surface area (TPSA) is 60.2 Å². The molecule has 0 aliphatic heterocycles. The van der Waals surface area contributed by atoms with Crippen molar-refractivity contribution in [3.63, 3.8) is 0 Å². The first-order valence-electron chi connectivity index (χ1n) is 8.84. The molecule has 0 spiro atoms. The Hall–Kier alpha value is -2.49. The fraction of sp³-hybridized carbons (Fsp3) is 0.381. The molecule has 0 aromatic heterocycles. The second-order valence-corrected chi connectivity index (χ2v) is 7.06. The van der Waals surface area contributed by atoms with Crippen LogP contribution < -0.4 is 0 Å². The van der Waals surface area contributed by atoms with Crippen LogP contribution in [-0.2, 0) is 4.79 Å². The van der Waals surface area contributed by atoms with Gasteiger partial charge in [-0.1, -0.05) is 61.5 Å². The number of Topliss-reactive ketones (excluding diaryl/α,β-unsaturated/α-hetero) is 1. The molecule has 0 bridgehead atoms. The average molecular weight is 337 g/mol. The zero-order valence-electron chi connectivity index (χ0n) is 14.4. The molecule has 0 unspecified atom stereocenters. The van der Waals surface area contributed by atoms with Gasteiger partial charge in [-0.2, -0.15) is 0 Å². The van der Waals surface area contributed by atoms with Gasteiger partial charge in [-0.15, -0.1) is 0 Å². The zero-order chi connectivity index (χ0) is 17.8. The Morgan fingerprint density at radius 3 is 2.36 bits per heavy atom. The predicted octanol–water partition coefficient (Wildman–Crippen LogP) is 4.72. The van der Waals surface area contributed by atoms with Crippen molar-refractivity contribution in [2.75, 3.05) is 6.54 Å². The highest BCUT2D eigenvalue weighted by molar-refractivity contribution is 5.82. The Bertz CT molecular complexity index is 739. The van der Waals surface area contributed by atoms with Gasteiger partial charge in [0.2, 0.25) is 6.54 Å². The van der Waals surface area contributed by atoms with Crippen molar-refractivity contribution in [2.45, 2.75) is 32.1 Å². The molecule has 0 amide bonds. The van der Waals surface area contributed by atoms with Crippen LogP contribution in [0.15, 0.2) is 54.6 Å². The van der Waals surface area contributed by atoms with Gasteiger partial charge >= 0.3 is 0 Å². The van der Waals surface area contributed by atoms with Crippen molar-refractivity contribution in [3.8, 4) is 11.1 Å². The standard InChI is InChI=1S/C21H23NO3/c1-15-7-12-21(23)19(13-15)20(14-22(24)25)18-10-8-17(9-11-18)16-5-3-2-4-6-16/h2-6,8-11,15,19-20H,7,12-14H2,1H3/t15-,19-,20-/m0/s1. The SMILES string of the molecule is C[C@H]1CCC(=O)[C@H]([C@@H](C[N+](=O)[O-])c2ccc(-c3ccccc3)cc2)C1. The molecule has 1 fully saturated rings. The van der Waals surface area contributed by atoms with E-state index < -0.39 is 0 Å². The van der Waals surface area contributed by atoms with Gasteiger partial charge in [-0.3, -0.25) is 14.9 Å². The number of nitrogens with zero attached hydrogens (tertiary/aromatic N) is 1. The number of nitro groups is 1. The van der Waals surface area contributed by atoms with Crippen LogP contribution in [0.25, 0.3) is 11.1 Å². The lowest BCUT2D eigenvalue weighted by atomic mass is 9.72. The third kappa shape index (κ3) is 4.13. The summed E-state index contributed by atoms with van der Waals surface area (Å²) < 4.78 is 0. The van der Waals surface area contributed by atoms with E-state index in [1.165, 1.54) is 0 Å². The molecule has 4 nitrogen and oxygen atoms in total. The minimum atomic E-state index is -0.338. The summed E-state index contributed by atoms with van der Waals surface area (Å²) in [6.07, 6.45) is 2.19. The molecular formula is C21H23NO3. The minimum Gasteiger partial charge on any atom is -0.299 e. The Morgan fingerprint density at radius 2 is 1.72 bits per heavy atom. The first-order chi connectivity index (χ1) is 12.0. The van der Waals surface area contributed by atoms with Gasteiger partial charge in [0.05, 0.1) is 5.92 Å². The summed E-state index contributed by atoms with van der Waals surface area (Å²) in [6.45, 7) is 1.94. The van der Waals surface area contributed by atoms with E-state index in [2.05, 4.69) is 6.92 Å². The molecular weight excluding hydrogens is 314 g/mol. The Morgan fingerprint density at radius 1 is 1.08 bits per heavy atom. The lowest BCUT2D eigenvalue weighted by Gasteiger charge is -2.30. The molecule has 0 saturated heterocycles. The summed E-state index contributed by atoms with van der Waals surface area (Å²) in [5.74, 6) is 0.0458. The van der Waals surface area contributed by atoms with Crippen molar-refractivity contribution in [2.24, 2.45) is 11.8 Å². The van der Waals surface area contributed by atoms with E-state index >= 15 is 0 Å². The molecule has 3 atom stereocenters. The number of benzene rings is 2. The molecule has 25 heavy (non-hydrogen) atoms. The number of rotatable bonds is 5. The van der Waals surface area contributed by atoms with Gasteiger partial charge in [0.25, 0.3) is 0 Å². The molecule has 3 rings (SSSR count).